The third-order valence-corrected chi connectivity index (χ3v) is 5.78. The van der Waals surface area contributed by atoms with Gasteiger partial charge in [-0.3, -0.25) is 0 Å². The van der Waals surface area contributed by atoms with E-state index in [1.165, 1.54) is 11.3 Å². The lowest BCUT2D eigenvalue weighted by Gasteiger charge is -2.05. The highest BCUT2D eigenvalue weighted by atomic mass is 79.9. The predicted molar refractivity (Wildman–Crippen MR) is 76.9 cm³/mol. The van der Waals surface area contributed by atoms with Gasteiger partial charge in [-0.05, 0) is 45.8 Å². The molecule has 0 aliphatic carbocycles. The van der Waals surface area contributed by atoms with Crippen LogP contribution in [0.25, 0.3) is 0 Å². The first-order valence-electron chi connectivity index (χ1n) is 5.07. The third-order valence-electron chi connectivity index (χ3n) is 2.26. The smallest absolute Gasteiger partial charge is 0.250 e. The van der Waals surface area contributed by atoms with E-state index in [0.717, 1.165) is 9.35 Å². The monoisotopic (exact) mass is 346 g/mol. The second kappa shape index (κ2) is 5.40. The molecule has 0 radical (unpaired) electrons. The maximum atomic E-state index is 11.9. The van der Waals surface area contributed by atoms with Crippen molar-refractivity contribution in [3.63, 3.8) is 0 Å². The van der Waals surface area contributed by atoms with Crippen molar-refractivity contribution in [1.29, 1.82) is 0 Å². The summed E-state index contributed by atoms with van der Waals surface area (Å²) >= 11 is 4.42. The van der Waals surface area contributed by atoms with E-state index in [1.807, 2.05) is 0 Å². The molecule has 0 unspecified atom stereocenters. The molecule has 1 aromatic heterocycles. The van der Waals surface area contributed by atoms with Crippen molar-refractivity contribution in [2.24, 2.45) is 0 Å². The van der Waals surface area contributed by atoms with Gasteiger partial charge in [0.15, 0.2) is 0 Å². The van der Waals surface area contributed by atoms with Crippen LogP contribution < -0.4 is 10.5 Å². The van der Waals surface area contributed by atoms with Crippen molar-refractivity contribution < 1.29 is 8.42 Å². The number of rotatable bonds is 4. The second-order valence-electron chi connectivity index (χ2n) is 3.62. The Bertz CT molecular complexity index is 635. The fraction of sp³-hybridized carbons (Fsp3) is 0.0909. The summed E-state index contributed by atoms with van der Waals surface area (Å²) in [5, 5.41) is 0. The zero-order valence-electron chi connectivity index (χ0n) is 9.26. The van der Waals surface area contributed by atoms with Gasteiger partial charge in [-0.2, -0.15) is 0 Å². The molecule has 0 aliphatic rings. The summed E-state index contributed by atoms with van der Waals surface area (Å²) in [6, 6.07) is 10.4. The molecule has 0 atom stereocenters. The standard InChI is InChI=1S/C11H11BrN2O2S2/c12-10-5-6-11(17-10)18(15,16)14-7-8-1-3-9(13)4-2-8/h1-6,14H,7,13H2. The zero-order valence-corrected chi connectivity index (χ0v) is 12.5. The van der Waals surface area contributed by atoms with Crippen molar-refractivity contribution in [3.8, 4) is 0 Å². The van der Waals surface area contributed by atoms with Gasteiger partial charge in [0.05, 0.1) is 3.79 Å². The molecule has 0 saturated carbocycles. The Balaban J connectivity index is 2.08. The molecule has 0 aliphatic heterocycles. The number of thiophene rings is 1. The topological polar surface area (TPSA) is 72.2 Å². The van der Waals surface area contributed by atoms with Crippen LogP contribution in [0.15, 0.2) is 44.4 Å². The highest BCUT2D eigenvalue weighted by Crippen LogP contribution is 2.25. The lowest BCUT2D eigenvalue weighted by Crippen LogP contribution is -2.22. The summed E-state index contributed by atoms with van der Waals surface area (Å²) in [6.45, 7) is 0.248. The maximum absolute atomic E-state index is 11.9. The quantitative estimate of drug-likeness (QED) is 0.835. The highest BCUT2D eigenvalue weighted by Gasteiger charge is 2.15. The predicted octanol–water partition coefficient (Wildman–Crippen LogP) is 2.57. The Morgan fingerprint density at radius 3 is 2.39 bits per heavy atom. The van der Waals surface area contributed by atoms with Crippen LogP contribution in [0.2, 0.25) is 0 Å². The molecule has 0 bridgehead atoms. The van der Waals surface area contributed by atoms with E-state index in [2.05, 4.69) is 20.7 Å². The van der Waals surface area contributed by atoms with Gasteiger partial charge < -0.3 is 5.73 Å². The van der Waals surface area contributed by atoms with Crippen LogP contribution in [-0.2, 0) is 16.6 Å². The highest BCUT2D eigenvalue weighted by molar-refractivity contribution is 9.11. The first-order chi connectivity index (χ1) is 8.47. The minimum Gasteiger partial charge on any atom is -0.399 e. The molecule has 1 heterocycles. The van der Waals surface area contributed by atoms with E-state index in [4.69, 9.17) is 5.73 Å². The molecule has 18 heavy (non-hydrogen) atoms. The summed E-state index contributed by atoms with van der Waals surface area (Å²) in [5.74, 6) is 0. The minimum atomic E-state index is -3.44. The van der Waals surface area contributed by atoms with Crippen LogP contribution in [-0.4, -0.2) is 8.42 Å². The molecule has 1 aromatic carbocycles. The van der Waals surface area contributed by atoms with Gasteiger partial charge in [-0.15, -0.1) is 11.3 Å². The van der Waals surface area contributed by atoms with Gasteiger partial charge in [-0.1, -0.05) is 12.1 Å². The minimum absolute atomic E-state index is 0.248. The number of halogens is 1. The summed E-state index contributed by atoms with van der Waals surface area (Å²) in [5.41, 5.74) is 7.08. The number of nitrogens with two attached hydrogens (primary N) is 1. The lowest BCUT2D eigenvalue weighted by molar-refractivity contribution is 0.583. The fourth-order valence-electron chi connectivity index (χ4n) is 1.33. The number of nitrogens with one attached hydrogen (secondary N) is 1. The molecule has 3 N–H and O–H groups in total. The number of hydrogen-bond acceptors (Lipinski definition) is 4. The average Bonchev–Trinajstić information content (AvgIpc) is 2.76. The Hall–Kier alpha value is -0.890. The third kappa shape index (κ3) is 3.32. The molecule has 96 valence electrons. The number of anilines is 1. The molecule has 0 spiro atoms. The largest absolute Gasteiger partial charge is 0.399 e. The van der Waals surface area contributed by atoms with Crippen molar-refractivity contribution in [1.82, 2.24) is 4.72 Å². The number of benzene rings is 1. The molecule has 0 amide bonds. The number of sulfonamides is 1. The van der Waals surface area contributed by atoms with Crippen LogP contribution in [0, 0.1) is 0 Å². The van der Waals surface area contributed by atoms with Crippen molar-refractivity contribution in [2.75, 3.05) is 5.73 Å². The van der Waals surface area contributed by atoms with Crippen LogP contribution in [0.5, 0.6) is 0 Å². The average molecular weight is 347 g/mol. The first-order valence-corrected chi connectivity index (χ1v) is 8.16. The SMILES string of the molecule is Nc1ccc(CNS(=O)(=O)c2ccc(Br)s2)cc1. The van der Waals surface area contributed by atoms with Crippen LogP contribution >= 0.6 is 27.3 Å². The van der Waals surface area contributed by atoms with Gasteiger partial charge in [0.25, 0.3) is 0 Å². The van der Waals surface area contributed by atoms with E-state index in [0.29, 0.717) is 9.90 Å². The molecule has 4 nitrogen and oxygen atoms in total. The summed E-state index contributed by atoms with van der Waals surface area (Å²) < 4.78 is 27.5. The summed E-state index contributed by atoms with van der Waals surface area (Å²) in [7, 11) is -3.44. The van der Waals surface area contributed by atoms with Crippen LogP contribution in [0.4, 0.5) is 5.69 Å². The van der Waals surface area contributed by atoms with E-state index in [9.17, 15) is 8.42 Å². The van der Waals surface area contributed by atoms with Gasteiger partial charge in [0, 0.05) is 12.2 Å². The van der Waals surface area contributed by atoms with Gasteiger partial charge in [0.1, 0.15) is 4.21 Å². The Kier molecular flexibility index (Phi) is 4.06. The van der Waals surface area contributed by atoms with E-state index >= 15 is 0 Å². The van der Waals surface area contributed by atoms with Crippen molar-refractivity contribution in [3.05, 3.63) is 45.7 Å². The van der Waals surface area contributed by atoms with E-state index in [1.54, 1.807) is 36.4 Å². The van der Waals surface area contributed by atoms with Crippen molar-refractivity contribution in [2.45, 2.75) is 10.8 Å². The number of hydrogen-bond donors (Lipinski definition) is 2. The van der Waals surface area contributed by atoms with E-state index < -0.39 is 10.0 Å². The summed E-state index contributed by atoms with van der Waals surface area (Å²) in [6.07, 6.45) is 0. The van der Waals surface area contributed by atoms with Crippen molar-refractivity contribution >= 4 is 43.0 Å². The van der Waals surface area contributed by atoms with Crippen LogP contribution in [0.1, 0.15) is 5.56 Å². The van der Waals surface area contributed by atoms with E-state index in [-0.39, 0.29) is 6.54 Å². The summed E-state index contributed by atoms with van der Waals surface area (Å²) in [4.78, 5) is 0. The van der Waals surface area contributed by atoms with Gasteiger partial charge >= 0.3 is 0 Å². The number of nitrogen functional groups attached to an aromatic ring is 1. The fourth-order valence-corrected chi connectivity index (χ4v) is 4.40. The Morgan fingerprint density at radius 2 is 1.83 bits per heavy atom. The van der Waals surface area contributed by atoms with Gasteiger partial charge in [0.2, 0.25) is 10.0 Å². The van der Waals surface area contributed by atoms with Crippen LogP contribution in [0.3, 0.4) is 0 Å². The Labute approximate surface area is 118 Å². The maximum Gasteiger partial charge on any atom is 0.250 e. The van der Waals surface area contributed by atoms with Gasteiger partial charge in [-0.25, -0.2) is 13.1 Å². The molecular weight excluding hydrogens is 336 g/mol. The molecule has 7 heteroatoms. The molecule has 2 rings (SSSR count). The first kappa shape index (κ1) is 13.5. The molecule has 2 aromatic rings. The Morgan fingerprint density at radius 1 is 1.17 bits per heavy atom. The molecular formula is C11H11BrN2O2S2. The lowest BCUT2D eigenvalue weighted by atomic mass is 10.2. The second-order valence-corrected chi connectivity index (χ2v) is 8.08. The zero-order chi connectivity index (χ0) is 13.2. The normalized spacial score (nSPS) is 11.6. The molecule has 0 saturated heterocycles. The molecule has 0 fully saturated rings.